The number of carbonyl (C=O) groups excluding carboxylic acids is 2. The lowest BCUT2D eigenvalue weighted by Crippen LogP contribution is -2.59. The standard InChI is InChI=1S/C22H32ClN5O6/c1-12(21(30)27-7-4-13(5-8-27)22(31)32)28-9-6-16(17(11-28)33-2)25-19(29)14-10-15(23)18(24)26-20(14)34-3/h10,12-13,16-17H,4-9,11H2,1-3H3,(H2,24,26)(H,25,29)(H,31,32). The zero-order valence-corrected chi connectivity index (χ0v) is 20.4. The van der Waals surface area contributed by atoms with Gasteiger partial charge in [0.1, 0.15) is 11.4 Å². The number of hydrogen-bond acceptors (Lipinski definition) is 8. The predicted octanol–water partition coefficient (Wildman–Crippen LogP) is 0.857. The number of nitrogens with zero attached hydrogens (tertiary/aromatic N) is 3. The van der Waals surface area contributed by atoms with Crippen molar-refractivity contribution in [1.29, 1.82) is 0 Å². The minimum atomic E-state index is -0.804. The highest BCUT2D eigenvalue weighted by Gasteiger charge is 2.37. The van der Waals surface area contributed by atoms with Gasteiger partial charge in [0, 0.05) is 33.3 Å². The molecule has 3 heterocycles. The zero-order chi connectivity index (χ0) is 25.0. The van der Waals surface area contributed by atoms with E-state index in [4.69, 9.17) is 31.9 Å². The Kier molecular flexibility index (Phi) is 8.56. The lowest BCUT2D eigenvalue weighted by molar-refractivity contribution is -0.147. The number of halogens is 1. The van der Waals surface area contributed by atoms with Crippen LogP contribution in [0.15, 0.2) is 6.07 Å². The molecular weight excluding hydrogens is 466 g/mol. The Morgan fingerprint density at radius 1 is 1.24 bits per heavy atom. The van der Waals surface area contributed by atoms with Crippen LogP contribution < -0.4 is 15.8 Å². The number of carbonyl (C=O) groups is 3. The van der Waals surface area contributed by atoms with Crippen molar-refractivity contribution in [2.45, 2.75) is 44.4 Å². The molecule has 2 aliphatic rings. The number of aromatic nitrogens is 1. The smallest absolute Gasteiger partial charge is 0.306 e. The molecule has 0 aromatic carbocycles. The summed E-state index contributed by atoms with van der Waals surface area (Å²) in [5.74, 6) is -1.46. The maximum Gasteiger partial charge on any atom is 0.306 e. The number of likely N-dealkylation sites (tertiary alicyclic amines) is 2. The van der Waals surface area contributed by atoms with E-state index in [-0.39, 0.29) is 52.3 Å². The fourth-order valence-corrected chi connectivity index (χ4v) is 4.66. The Labute approximate surface area is 203 Å². The summed E-state index contributed by atoms with van der Waals surface area (Å²) in [5.41, 5.74) is 5.87. The fraction of sp³-hybridized carbons (Fsp3) is 0.636. The number of ether oxygens (including phenoxy) is 2. The number of pyridine rings is 1. The lowest BCUT2D eigenvalue weighted by Gasteiger charge is -2.42. The van der Waals surface area contributed by atoms with Crippen LogP contribution in [-0.2, 0) is 14.3 Å². The molecule has 1 aromatic heterocycles. The molecule has 2 fully saturated rings. The van der Waals surface area contributed by atoms with Gasteiger partial charge in [0.2, 0.25) is 11.8 Å². The van der Waals surface area contributed by atoms with E-state index in [1.165, 1.54) is 13.2 Å². The van der Waals surface area contributed by atoms with Crippen LogP contribution in [0, 0.1) is 5.92 Å². The number of rotatable bonds is 7. The second-order valence-corrected chi connectivity index (χ2v) is 9.07. The van der Waals surface area contributed by atoms with Crippen LogP contribution in [0.5, 0.6) is 5.88 Å². The van der Waals surface area contributed by atoms with Gasteiger partial charge in [-0.3, -0.25) is 19.3 Å². The normalized spacial score (nSPS) is 22.8. The minimum Gasteiger partial charge on any atom is -0.481 e. The maximum atomic E-state index is 13.0. The molecule has 34 heavy (non-hydrogen) atoms. The average molecular weight is 498 g/mol. The zero-order valence-electron chi connectivity index (χ0n) is 19.6. The van der Waals surface area contributed by atoms with Gasteiger partial charge in [-0.25, -0.2) is 0 Å². The van der Waals surface area contributed by atoms with E-state index >= 15 is 0 Å². The average Bonchev–Trinajstić information content (AvgIpc) is 2.84. The van der Waals surface area contributed by atoms with Crippen molar-refractivity contribution in [3.05, 3.63) is 16.7 Å². The molecule has 0 saturated carbocycles. The number of methoxy groups -OCH3 is 2. The Bertz CT molecular complexity index is 923. The maximum absolute atomic E-state index is 13.0. The SMILES string of the molecule is COc1nc(N)c(Cl)cc1C(=O)NC1CCN(C(C)C(=O)N2CCC(C(=O)O)CC2)CC1OC. The number of hydrogen-bond donors (Lipinski definition) is 3. The Morgan fingerprint density at radius 2 is 1.91 bits per heavy atom. The molecule has 1 aromatic rings. The van der Waals surface area contributed by atoms with E-state index in [2.05, 4.69) is 10.3 Å². The summed E-state index contributed by atoms with van der Waals surface area (Å²) < 4.78 is 10.8. The summed E-state index contributed by atoms with van der Waals surface area (Å²) >= 11 is 6.04. The van der Waals surface area contributed by atoms with Crippen molar-refractivity contribution in [1.82, 2.24) is 20.1 Å². The third kappa shape index (κ3) is 5.70. The lowest BCUT2D eigenvalue weighted by atomic mass is 9.96. The van der Waals surface area contributed by atoms with Gasteiger partial charge in [0.25, 0.3) is 5.91 Å². The van der Waals surface area contributed by atoms with Crippen molar-refractivity contribution < 1.29 is 29.0 Å². The van der Waals surface area contributed by atoms with Gasteiger partial charge in [-0.2, -0.15) is 4.98 Å². The van der Waals surface area contributed by atoms with Gasteiger partial charge in [0.05, 0.1) is 36.2 Å². The summed E-state index contributed by atoms with van der Waals surface area (Å²) in [4.78, 5) is 44.9. The first-order valence-corrected chi connectivity index (χ1v) is 11.6. The van der Waals surface area contributed by atoms with Gasteiger partial charge in [-0.1, -0.05) is 11.6 Å². The number of anilines is 1. The molecule has 2 saturated heterocycles. The molecule has 3 rings (SSSR count). The van der Waals surface area contributed by atoms with Crippen molar-refractivity contribution in [2.75, 3.05) is 46.1 Å². The molecule has 0 aliphatic carbocycles. The summed E-state index contributed by atoms with van der Waals surface area (Å²) in [6.07, 6.45) is 1.17. The quantitative estimate of drug-likeness (QED) is 0.498. The van der Waals surface area contributed by atoms with E-state index < -0.39 is 11.9 Å². The Morgan fingerprint density at radius 3 is 2.50 bits per heavy atom. The third-order valence-electron chi connectivity index (χ3n) is 6.68. The molecular formula is C22H32ClN5O6. The number of nitrogens with one attached hydrogen (secondary N) is 1. The Hall–Kier alpha value is -2.63. The number of carboxylic acids is 1. The summed E-state index contributed by atoms with van der Waals surface area (Å²) in [7, 11) is 2.96. The first kappa shape index (κ1) is 26.0. The van der Waals surface area contributed by atoms with Crippen LogP contribution in [0.4, 0.5) is 5.82 Å². The highest BCUT2D eigenvalue weighted by molar-refractivity contribution is 6.33. The van der Waals surface area contributed by atoms with E-state index in [9.17, 15) is 14.4 Å². The monoisotopic (exact) mass is 497 g/mol. The van der Waals surface area contributed by atoms with Crippen LogP contribution in [-0.4, -0.2) is 96.3 Å². The number of amides is 2. The number of piperidine rings is 2. The van der Waals surface area contributed by atoms with Crippen LogP contribution in [0.25, 0.3) is 0 Å². The van der Waals surface area contributed by atoms with Crippen molar-refractivity contribution in [3.8, 4) is 5.88 Å². The number of carboxylic acid groups (broad SMARTS) is 1. The van der Waals surface area contributed by atoms with Crippen LogP contribution in [0.1, 0.15) is 36.5 Å². The first-order chi connectivity index (χ1) is 16.2. The summed E-state index contributed by atoms with van der Waals surface area (Å²) in [6, 6.07) is 0.753. The second kappa shape index (κ2) is 11.2. The highest BCUT2D eigenvalue weighted by Crippen LogP contribution is 2.26. The third-order valence-corrected chi connectivity index (χ3v) is 6.98. The molecule has 12 heteroatoms. The molecule has 3 atom stereocenters. The molecule has 0 radical (unpaired) electrons. The number of nitrogen functional groups attached to an aromatic ring is 1. The van der Waals surface area contributed by atoms with Gasteiger partial charge in [-0.05, 0) is 32.3 Å². The molecule has 188 valence electrons. The van der Waals surface area contributed by atoms with Gasteiger partial charge in [0.15, 0.2) is 0 Å². The van der Waals surface area contributed by atoms with Gasteiger partial charge >= 0.3 is 5.97 Å². The van der Waals surface area contributed by atoms with Gasteiger partial charge in [-0.15, -0.1) is 0 Å². The molecule has 3 unspecified atom stereocenters. The fourth-order valence-electron chi connectivity index (χ4n) is 4.51. The van der Waals surface area contributed by atoms with Crippen LogP contribution in [0.2, 0.25) is 5.02 Å². The van der Waals surface area contributed by atoms with Crippen LogP contribution >= 0.6 is 11.6 Å². The predicted molar refractivity (Wildman–Crippen MR) is 125 cm³/mol. The number of aliphatic carboxylic acids is 1. The van der Waals surface area contributed by atoms with E-state index in [1.807, 2.05) is 11.8 Å². The van der Waals surface area contributed by atoms with Crippen molar-refractivity contribution in [3.63, 3.8) is 0 Å². The van der Waals surface area contributed by atoms with Gasteiger partial charge < -0.3 is 30.5 Å². The molecule has 2 amide bonds. The summed E-state index contributed by atoms with van der Waals surface area (Å²) in [6.45, 7) is 3.78. The highest BCUT2D eigenvalue weighted by atomic mass is 35.5. The Balaban J connectivity index is 1.60. The molecule has 2 aliphatic heterocycles. The largest absolute Gasteiger partial charge is 0.481 e. The molecule has 0 bridgehead atoms. The minimum absolute atomic E-state index is 0.0199. The van der Waals surface area contributed by atoms with Crippen LogP contribution in [0.3, 0.4) is 0 Å². The van der Waals surface area contributed by atoms with E-state index in [0.29, 0.717) is 45.4 Å². The van der Waals surface area contributed by atoms with E-state index in [1.54, 1.807) is 12.0 Å². The second-order valence-electron chi connectivity index (χ2n) is 8.66. The molecule has 4 N–H and O–H groups in total. The van der Waals surface area contributed by atoms with Crippen molar-refractivity contribution >= 4 is 35.2 Å². The number of nitrogens with two attached hydrogens (primary N) is 1. The van der Waals surface area contributed by atoms with Crippen molar-refractivity contribution in [2.24, 2.45) is 5.92 Å². The van der Waals surface area contributed by atoms with E-state index in [0.717, 1.165) is 0 Å². The molecule has 11 nitrogen and oxygen atoms in total. The first-order valence-electron chi connectivity index (χ1n) is 11.3. The molecule has 0 spiro atoms. The topological polar surface area (TPSA) is 147 Å². The summed E-state index contributed by atoms with van der Waals surface area (Å²) in [5, 5.41) is 12.3.